The van der Waals surface area contributed by atoms with Crippen LogP contribution in [0.2, 0.25) is 5.02 Å². The average molecular weight is 565 g/mol. The van der Waals surface area contributed by atoms with Crippen molar-refractivity contribution in [3.8, 4) is 0 Å². The van der Waals surface area contributed by atoms with E-state index in [1.165, 1.54) is 6.07 Å². The standard InChI is InChI=1S/C27H32ClF3N6O2/c1-16(2)11-32-12-18-7-20(24(39)37(13-18)14-27(29,30)31)23(38)34-22-8-19(5-6-21(22)28)26(9-17(3)10-26)25-35-33-15-36(25)4/h5-8,13,15-17,32H,9-12,14H2,1-4H3,(H,34,38). The lowest BCUT2D eigenvalue weighted by molar-refractivity contribution is -0.141. The Morgan fingerprint density at radius 3 is 2.56 bits per heavy atom. The van der Waals surface area contributed by atoms with Crippen molar-refractivity contribution in [2.45, 2.75) is 58.3 Å². The van der Waals surface area contributed by atoms with Crippen LogP contribution in [-0.2, 0) is 25.6 Å². The van der Waals surface area contributed by atoms with Crippen LogP contribution >= 0.6 is 11.6 Å². The first-order valence-corrected chi connectivity index (χ1v) is 13.1. The van der Waals surface area contributed by atoms with Crippen LogP contribution in [0.15, 0.2) is 41.6 Å². The van der Waals surface area contributed by atoms with Crippen molar-refractivity contribution in [1.82, 2.24) is 24.6 Å². The second-order valence-electron chi connectivity index (χ2n) is 10.8. The number of benzene rings is 1. The molecule has 8 nitrogen and oxygen atoms in total. The number of aryl methyl sites for hydroxylation is 1. The largest absolute Gasteiger partial charge is 0.406 e. The zero-order valence-electron chi connectivity index (χ0n) is 22.3. The Morgan fingerprint density at radius 1 is 1.26 bits per heavy atom. The number of amides is 1. The monoisotopic (exact) mass is 564 g/mol. The molecule has 1 fully saturated rings. The van der Waals surface area contributed by atoms with Gasteiger partial charge in [0, 0.05) is 19.8 Å². The first-order chi connectivity index (χ1) is 18.3. The van der Waals surface area contributed by atoms with Gasteiger partial charge in [0.1, 0.15) is 24.3 Å². The fourth-order valence-corrected chi connectivity index (χ4v) is 5.44. The Bertz CT molecular complexity index is 1410. The highest BCUT2D eigenvalue weighted by Crippen LogP contribution is 2.52. The predicted octanol–water partition coefficient (Wildman–Crippen LogP) is 4.91. The molecule has 1 aromatic carbocycles. The van der Waals surface area contributed by atoms with E-state index in [0.717, 1.165) is 30.4 Å². The summed E-state index contributed by atoms with van der Waals surface area (Å²) >= 11 is 6.42. The van der Waals surface area contributed by atoms with Crippen molar-refractivity contribution < 1.29 is 18.0 Å². The number of nitrogens with zero attached hydrogens (tertiary/aromatic N) is 4. The maximum absolute atomic E-state index is 13.3. The smallest absolute Gasteiger partial charge is 0.320 e. The first-order valence-electron chi connectivity index (χ1n) is 12.8. The molecule has 1 aliphatic carbocycles. The predicted molar refractivity (Wildman–Crippen MR) is 143 cm³/mol. The number of carbonyl (C=O) groups is 1. The summed E-state index contributed by atoms with van der Waals surface area (Å²) in [6.45, 7) is 5.45. The summed E-state index contributed by atoms with van der Waals surface area (Å²) in [4.78, 5) is 26.2. The topological polar surface area (TPSA) is 93.8 Å². The molecule has 4 rings (SSSR count). The average Bonchev–Trinajstić information content (AvgIpc) is 3.25. The zero-order chi connectivity index (χ0) is 28.5. The Kier molecular flexibility index (Phi) is 8.22. The van der Waals surface area contributed by atoms with Crippen LogP contribution in [0.4, 0.5) is 18.9 Å². The summed E-state index contributed by atoms with van der Waals surface area (Å²) in [5, 5.41) is 14.4. The molecule has 0 bridgehead atoms. The van der Waals surface area contributed by atoms with Crippen LogP contribution in [-0.4, -0.2) is 38.0 Å². The molecule has 12 heteroatoms. The van der Waals surface area contributed by atoms with Gasteiger partial charge in [-0.15, -0.1) is 10.2 Å². The van der Waals surface area contributed by atoms with E-state index in [4.69, 9.17) is 11.6 Å². The lowest BCUT2D eigenvalue weighted by atomic mass is 9.58. The molecule has 0 saturated heterocycles. The summed E-state index contributed by atoms with van der Waals surface area (Å²) in [5.41, 5.74) is -0.342. The van der Waals surface area contributed by atoms with E-state index in [2.05, 4.69) is 27.8 Å². The summed E-state index contributed by atoms with van der Waals surface area (Å²) in [7, 11) is 1.87. The maximum atomic E-state index is 13.3. The van der Waals surface area contributed by atoms with Crippen molar-refractivity contribution in [2.75, 3.05) is 11.9 Å². The van der Waals surface area contributed by atoms with E-state index in [0.29, 0.717) is 28.5 Å². The minimum absolute atomic E-state index is 0.200. The third-order valence-electron chi connectivity index (χ3n) is 6.92. The van der Waals surface area contributed by atoms with E-state index >= 15 is 0 Å². The van der Waals surface area contributed by atoms with E-state index in [1.807, 2.05) is 31.5 Å². The number of pyridine rings is 1. The van der Waals surface area contributed by atoms with Crippen LogP contribution in [0.25, 0.3) is 0 Å². The normalized spacial score (nSPS) is 19.3. The molecular weight excluding hydrogens is 533 g/mol. The van der Waals surface area contributed by atoms with Crippen LogP contribution in [0, 0.1) is 11.8 Å². The number of hydrogen-bond acceptors (Lipinski definition) is 5. The molecule has 0 radical (unpaired) electrons. The van der Waals surface area contributed by atoms with Gasteiger partial charge in [-0.3, -0.25) is 9.59 Å². The zero-order valence-corrected chi connectivity index (χ0v) is 23.0. The second kappa shape index (κ2) is 11.1. The van der Waals surface area contributed by atoms with E-state index in [1.54, 1.807) is 18.5 Å². The third-order valence-corrected chi connectivity index (χ3v) is 7.25. The fraction of sp³-hybridized carbons (Fsp3) is 0.481. The number of hydrogen-bond donors (Lipinski definition) is 2. The molecule has 2 aromatic heterocycles. The highest BCUT2D eigenvalue weighted by molar-refractivity contribution is 6.34. The van der Waals surface area contributed by atoms with Gasteiger partial charge in [-0.05, 0) is 60.5 Å². The fourth-order valence-electron chi connectivity index (χ4n) is 5.28. The summed E-state index contributed by atoms with van der Waals surface area (Å²) in [5.74, 6) is 0.716. The van der Waals surface area contributed by atoms with Gasteiger partial charge < -0.3 is 19.8 Å². The molecule has 0 atom stereocenters. The second-order valence-corrected chi connectivity index (χ2v) is 11.3. The van der Waals surface area contributed by atoms with Gasteiger partial charge in [-0.25, -0.2) is 0 Å². The Labute approximate surface area is 229 Å². The van der Waals surface area contributed by atoms with Gasteiger partial charge in [0.15, 0.2) is 0 Å². The highest BCUT2D eigenvalue weighted by Gasteiger charge is 2.48. The number of nitrogens with one attached hydrogen (secondary N) is 2. The molecule has 39 heavy (non-hydrogen) atoms. The molecule has 1 saturated carbocycles. The summed E-state index contributed by atoms with van der Waals surface area (Å²) in [6.07, 6.45) is -0.221. The van der Waals surface area contributed by atoms with Crippen LogP contribution in [0.3, 0.4) is 0 Å². The van der Waals surface area contributed by atoms with Gasteiger partial charge in [0.2, 0.25) is 0 Å². The number of alkyl halides is 3. The number of halogens is 4. The molecule has 0 spiro atoms. The lowest BCUT2D eigenvalue weighted by Crippen LogP contribution is -2.43. The molecular formula is C27H32ClF3N6O2. The van der Waals surface area contributed by atoms with Gasteiger partial charge in [0.25, 0.3) is 11.5 Å². The molecule has 1 amide bonds. The van der Waals surface area contributed by atoms with Crippen molar-refractivity contribution >= 4 is 23.2 Å². The van der Waals surface area contributed by atoms with Crippen molar-refractivity contribution in [3.05, 3.63) is 74.7 Å². The Hall–Kier alpha value is -3.18. The van der Waals surface area contributed by atoms with E-state index in [9.17, 15) is 22.8 Å². The Morgan fingerprint density at radius 2 is 1.97 bits per heavy atom. The molecule has 2 heterocycles. The quantitative estimate of drug-likeness (QED) is 0.385. The molecule has 0 unspecified atom stereocenters. The summed E-state index contributed by atoms with van der Waals surface area (Å²) in [6, 6.07) is 6.59. The van der Waals surface area contributed by atoms with Gasteiger partial charge in [0.05, 0.1) is 16.1 Å². The first kappa shape index (κ1) is 28.8. The maximum Gasteiger partial charge on any atom is 0.406 e. The van der Waals surface area contributed by atoms with Crippen LogP contribution in [0.5, 0.6) is 0 Å². The van der Waals surface area contributed by atoms with Crippen molar-refractivity contribution in [2.24, 2.45) is 18.9 Å². The third kappa shape index (κ3) is 6.36. The van der Waals surface area contributed by atoms with Crippen LogP contribution < -0.4 is 16.2 Å². The van der Waals surface area contributed by atoms with Crippen molar-refractivity contribution in [1.29, 1.82) is 0 Å². The molecule has 1 aliphatic rings. The molecule has 210 valence electrons. The molecule has 2 N–H and O–H groups in total. The number of rotatable bonds is 9. The van der Waals surface area contributed by atoms with E-state index in [-0.39, 0.29) is 17.3 Å². The highest BCUT2D eigenvalue weighted by atomic mass is 35.5. The minimum atomic E-state index is -4.63. The van der Waals surface area contributed by atoms with E-state index < -0.39 is 35.2 Å². The van der Waals surface area contributed by atoms with Gasteiger partial charge in [-0.2, -0.15) is 13.2 Å². The van der Waals surface area contributed by atoms with Crippen molar-refractivity contribution in [3.63, 3.8) is 0 Å². The number of anilines is 1. The SMILES string of the molecule is CC(C)CNCc1cc(C(=O)Nc2cc(C3(c4nncn4C)CC(C)C3)ccc2Cl)c(=O)n(CC(F)(F)F)c1. The molecule has 0 aliphatic heterocycles. The van der Waals surface area contributed by atoms with Gasteiger partial charge in [-0.1, -0.05) is 38.4 Å². The minimum Gasteiger partial charge on any atom is -0.320 e. The van der Waals surface area contributed by atoms with Gasteiger partial charge >= 0.3 is 6.18 Å². The van der Waals surface area contributed by atoms with Crippen LogP contribution in [0.1, 0.15) is 60.9 Å². The number of carbonyl (C=O) groups excluding carboxylic acids is 1. The Balaban J connectivity index is 1.67. The number of aromatic nitrogens is 4. The molecule has 3 aromatic rings. The summed E-state index contributed by atoms with van der Waals surface area (Å²) < 4.78 is 42.0. The lowest BCUT2D eigenvalue weighted by Gasteiger charge is -2.46.